The number of carbonyl (C=O) groups excluding carboxylic acids is 1. The highest BCUT2D eigenvalue weighted by molar-refractivity contribution is 5.84. The van der Waals surface area contributed by atoms with Crippen molar-refractivity contribution < 1.29 is 14.3 Å². The first kappa shape index (κ1) is 17.3. The monoisotopic (exact) mass is 358 g/mol. The number of carbonyl (C=O) groups is 1. The highest BCUT2D eigenvalue weighted by atomic mass is 16.7. The quantitative estimate of drug-likeness (QED) is 0.314. The Kier molecular flexibility index (Phi) is 4.23. The van der Waals surface area contributed by atoms with Gasteiger partial charge in [0.15, 0.2) is 0 Å². The molecule has 3 aromatic rings. The van der Waals surface area contributed by atoms with Gasteiger partial charge in [-0.05, 0) is 72.7 Å². The lowest BCUT2D eigenvalue weighted by atomic mass is 9.96. The van der Waals surface area contributed by atoms with E-state index in [4.69, 9.17) is 9.47 Å². The Hall–Kier alpha value is -3.07. The van der Waals surface area contributed by atoms with Gasteiger partial charge in [-0.15, -0.1) is 0 Å². The molecular weight excluding hydrogens is 336 g/mol. The van der Waals surface area contributed by atoms with Gasteiger partial charge < -0.3 is 9.47 Å². The molecule has 0 amide bonds. The second-order valence-corrected chi connectivity index (χ2v) is 7.76. The third-order valence-electron chi connectivity index (χ3n) is 4.61. The fraction of sp³-hybridized carbons (Fsp3) is 0.208. The molecule has 1 aliphatic carbocycles. The fourth-order valence-electron chi connectivity index (χ4n) is 3.50. The van der Waals surface area contributed by atoms with Crippen LogP contribution in [-0.2, 0) is 11.2 Å². The molecule has 0 radical (unpaired) electrons. The van der Waals surface area contributed by atoms with E-state index in [0.29, 0.717) is 5.75 Å². The molecule has 0 aliphatic heterocycles. The summed E-state index contributed by atoms with van der Waals surface area (Å²) in [6.45, 7) is 5.43. The van der Waals surface area contributed by atoms with Crippen molar-refractivity contribution in [3.8, 4) is 28.0 Å². The van der Waals surface area contributed by atoms with Crippen LogP contribution in [0.25, 0.3) is 22.3 Å². The number of rotatable bonds is 2. The molecule has 0 bridgehead atoms. The number of benzene rings is 3. The Morgan fingerprint density at radius 3 is 2.22 bits per heavy atom. The molecule has 0 atom stereocenters. The van der Waals surface area contributed by atoms with E-state index in [1.54, 1.807) is 12.1 Å². The number of fused-ring (bicyclic) bond motifs is 3. The zero-order valence-electron chi connectivity index (χ0n) is 15.8. The Balaban J connectivity index is 1.58. The van der Waals surface area contributed by atoms with Crippen molar-refractivity contribution >= 4 is 6.16 Å². The van der Waals surface area contributed by atoms with E-state index in [2.05, 4.69) is 42.5 Å². The smallest absolute Gasteiger partial charge is 0.428 e. The molecule has 0 saturated heterocycles. The zero-order chi connectivity index (χ0) is 19.0. The number of hydrogen-bond donors (Lipinski definition) is 0. The summed E-state index contributed by atoms with van der Waals surface area (Å²) in [5.74, 6) is 0.476. The van der Waals surface area contributed by atoms with Crippen molar-refractivity contribution in [2.45, 2.75) is 32.8 Å². The molecule has 0 N–H and O–H groups in total. The zero-order valence-corrected chi connectivity index (χ0v) is 15.8. The molecule has 3 heteroatoms. The van der Waals surface area contributed by atoms with Crippen LogP contribution in [0, 0.1) is 0 Å². The topological polar surface area (TPSA) is 35.5 Å². The van der Waals surface area contributed by atoms with Gasteiger partial charge in [-0.2, -0.15) is 0 Å². The second-order valence-electron chi connectivity index (χ2n) is 7.76. The number of ether oxygens (including phenoxy) is 2. The van der Waals surface area contributed by atoms with Crippen molar-refractivity contribution in [3.05, 3.63) is 77.9 Å². The van der Waals surface area contributed by atoms with Crippen molar-refractivity contribution in [3.63, 3.8) is 0 Å². The van der Waals surface area contributed by atoms with E-state index < -0.39 is 11.8 Å². The van der Waals surface area contributed by atoms with Crippen LogP contribution in [0.2, 0.25) is 0 Å². The van der Waals surface area contributed by atoms with Crippen molar-refractivity contribution in [1.29, 1.82) is 0 Å². The third kappa shape index (κ3) is 3.59. The minimum atomic E-state index is -0.689. The lowest BCUT2D eigenvalue weighted by molar-refractivity contribution is 0.0206. The first-order valence-corrected chi connectivity index (χ1v) is 9.12. The van der Waals surface area contributed by atoms with E-state index in [0.717, 1.165) is 12.0 Å². The summed E-state index contributed by atoms with van der Waals surface area (Å²) in [5, 5.41) is 0. The molecule has 0 fully saturated rings. The van der Waals surface area contributed by atoms with Gasteiger partial charge in [0.2, 0.25) is 0 Å². The molecule has 3 nitrogen and oxygen atoms in total. The Morgan fingerprint density at radius 2 is 1.48 bits per heavy atom. The summed E-state index contributed by atoms with van der Waals surface area (Å²) in [4.78, 5) is 11.8. The largest absolute Gasteiger partial charge is 0.514 e. The second kappa shape index (κ2) is 6.58. The maximum atomic E-state index is 11.8. The normalized spacial score (nSPS) is 12.3. The van der Waals surface area contributed by atoms with Crippen LogP contribution in [0.4, 0.5) is 4.79 Å². The van der Waals surface area contributed by atoms with Crippen molar-refractivity contribution in [1.82, 2.24) is 0 Å². The molecule has 4 rings (SSSR count). The van der Waals surface area contributed by atoms with Crippen LogP contribution in [0.3, 0.4) is 0 Å². The van der Waals surface area contributed by atoms with E-state index in [1.807, 2.05) is 32.9 Å². The SMILES string of the molecule is CC(C)(C)OC(=O)Oc1ccc(-c2cccc3c2Cc2ccccc2-3)cc1. The van der Waals surface area contributed by atoms with Gasteiger partial charge in [-0.3, -0.25) is 0 Å². The van der Waals surface area contributed by atoms with E-state index in [9.17, 15) is 4.79 Å². The summed E-state index contributed by atoms with van der Waals surface area (Å²) >= 11 is 0. The van der Waals surface area contributed by atoms with Gasteiger partial charge in [0, 0.05) is 0 Å². The average molecular weight is 358 g/mol. The molecule has 1 aliphatic rings. The van der Waals surface area contributed by atoms with Crippen LogP contribution < -0.4 is 4.74 Å². The summed E-state index contributed by atoms with van der Waals surface area (Å²) < 4.78 is 10.5. The predicted octanol–water partition coefficient (Wildman–Crippen LogP) is 6.24. The van der Waals surface area contributed by atoms with Crippen LogP contribution in [0.1, 0.15) is 31.9 Å². The minimum absolute atomic E-state index is 0.476. The van der Waals surface area contributed by atoms with Crippen molar-refractivity contribution in [2.24, 2.45) is 0 Å². The molecule has 3 aromatic carbocycles. The summed E-state index contributed by atoms with van der Waals surface area (Å²) in [6, 6.07) is 22.6. The molecule has 0 saturated carbocycles. The number of hydrogen-bond acceptors (Lipinski definition) is 3. The molecule has 0 heterocycles. The first-order valence-electron chi connectivity index (χ1n) is 9.12. The minimum Gasteiger partial charge on any atom is -0.428 e. The van der Waals surface area contributed by atoms with Gasteiger partial charge in [0.05, 0.1) is 0 Å². The average Bonchev–Trinajstić information content (AvgIpc) is 2.99. The maximum Gasteiger partial charge on any atom is 0.514 e. The van der Waals surface area contributed by atoms with Gasteiger partial charge >= 0.3 is 6.16 Å². The third-order valence-corrected chi connectivity index (χ3v) is 4.61. The summed E-state index contributed by atoms with van der Waals surface area (Å²) in [5.41, 5.74) is 7.08. The fourth-order valence-corrected chi connectivity index (χ4v) is 3.50. The molecule has 0 unspecified atom stereocenters. The van der Waals surface area contributed by atoms with Crippen LogP contribution in [0.15, 0.2) is 66.7 Å². The Bertz CT molecular complexity index is 995. The Morgan fingerprint density at radius 1 is 0.815 bits per heavy atom. The van der Waals surface area contributed by atoms with Crippen LogP contribution >= 0.6 is 0 Å². The first-order chi connectivity index (χ1) is 12.9. The lowest BCUT2D eigenvalue weighted by Crippen LogP contribution is -2.25. The van der Waals surface area contributed by atoms with E-state index in [-0.39, 0.29) is 0 Å². The summed E-state index contributed by atoms with van der Waals surface area (Å²) in [7, 11) is 0. The van der Waals surface area contributed by atoms with Crippen LogP contribution in [-0.4, -0.2) is 11.8 Å². The molecule has 27 heavy (non-hydrogen) atoms. The van der Waals surface area contributed by atoms with E-state index >= 15 is 0 Å². The Labute approximate surface area is 159 Å². The van der Waals surface area contributed by atoms with Gasteiger partial charge in [0.1, 0.15) is 11.4 Å². The molecular formula is C24H22O3. The molecule has 136 valence electrons. The molecule has 0 spiro atoms. The van der Waals surface area contributed by atoms with Crippen molar-refractivity contribution in [2.75, 3.05) is 0 Å². The van der Waals surface area contributed by atoms with Crippen LogP contribution in [0.5, 0.6) is 5.75 Å². The summed E-state index contributed by atoms with van der Waals surface area (Å²) in [6.07, 6.45) is 0.254. The predicted molar refractivity (Wildman–Crippen MR) is 107 cm³/mol. The van der Waals surface area contributed by atoms with Gasteiger partial charge in [-0.1, -0.05) is 54.6 Å². The highest BCUT2D eigenvalue weighted by Crippen LogP contribution is 2.41. The maximum absolute atomic E-state index is 11.8. The van der Waals surface area contributed by atoms with Gasteiger partial charge in [-0.25, -0.2) is 4.79 Å². The van der Waals surface area contributed by atoms with Gasteiger partial charge in [0.25, 0.3) is 0 Å². The van der Waals surface area contributed by atoms with E-state index in [1.165, 1.54) is 27.8 Å². The lowest BCUT2D eigenvalue weighted by Gasteiger charge is -2.18. The highest BCUT2D eigenvalue weighted by Gasteiger charge is 2.21. The standard InChI is InChI=1S/C24H22O3/c1-24(2,3)27-23(25)26-18-13-11-16(12-14-18)19-9-6-10-21-20-8-5-4-7-17(20)15-22(19)21/h4-14H,15H2,1-3H3. The molecule has 0 aromatic heterocycles.